The quantitative estimate of drug-likeness (QED) is 0.141. The highest BCUT2D eigenvalue weighted by molar-refractivity contribution is 6.03. The Morgan fingerprint density at radius 3 is 1.79 bits per heavy atom. The van der Waals surface area contributed by atoms with Crippen molar-refractivity contribution >= 4 is 5.78 Å². The van der Waals surface area contributed by atoms with E-state index < -0.39 is 30.0 Å². The molecule has 0 saturated carbocycles. The smallest absolute Gasteiger partial charge is 0.203 e. The molecule has 258 valence electrons. The summed E-state index contributed by atoms with van der Waals surface area (Å²) in [6, 6.07) is 11.4. The van der Waals surface area contributed by atoms with Crippen molar-refractivity contribution in [3.05, 3.63) is 59.2 Å². The number of phenolic OH excluding ortho intramolecular Hbond substituents is 1. The Kier molecular flexibility index (Phi) is 13.0. The van der Waals surface area contributed by atoms with Crippen molar-refractivity contribution in [3.63, 3.8) is 0 Å². The van der Waals surface area contributed by atoms with Crippen LogP contribution in [0.1, 0.15) is 74.4 Å². The van der Waals surface area contributed by atoms with E-state index in [4.69, 9.17) is 33.2 Å². The summed E-state index contributed by atoms with van der Waals surface area (Å²) in [7, 11) is 7.27. The van der Waals surface area contributed by atoms with Crippen LogP contribution in [0.25, 0.3) is 0 Å². The number of ketones is 1. The first-order chi connectivity index (χ1) is 22.4. The van der Waals surface area contributed by atoms with Crippen LogP contribution in [0.3, 0.4) is 0 Å². The lowest BCUT2D eigenvalue weighted by Gasteiger charge is -2.30. The van der Waals surface area contributed by atoms with Crippen LogP contribution >= 0.6 is 0 Å². The zero-order chi connectivity index (χ0) is 34.9. The maximum Gasteiger partial charge on any atom is 0.203 e. The number of benzene rings is 3. The Labute approximate surface area is 276 Å². The molecule has 11 heteroatoms. The van der Waals surface area contributed by atoms with Crippen LogP contribution in [0, 0.1) is 0 Å². The van der Waals surface area contributed by atoms with Crippen LogP contribution < -0.4 is 33.2 Å². The van der Waals surface area contributed by atoms with Crippen LogP contribution in [0.15, 0.2) is 42.5 Å². The van der Waals surface area contributed by atoms with Crippen LogP contribution in [-0.2, 0) is 0 Å². The molecule has 0 spiro atoms. The monoisotopic (exact) mass is 656 g/mol. The van der Waals surface area contributed by atoms with E-state index in [2.05, 4.69) is 0 Å². The third-order valence-electron chi connectivity index (χ3n) is 7.83. The molecular weight excluding hydrogens is 608 g/mol. The van der Waals surface area contributed by atoms with Gasteiger partial charge in [-0.05, 0) is 63.1 Å². The zero-order valence-electron chi connectivity index (χ0n) is 28.7. The number of aliphatic hydroxyl groups is 2. The second-order valence-electron chi connectivity index (χ2n) is 11.6. The van der Waals surface area contributed by atoms with Crippen molar-refractivity contribution in [2.45, 2.75) is 70.7 Å². The molecule has 3 N–H and O–H groups in total. The molecule has 0 fully saturated rings. The molecule has 0 heterocycles. The van der Waals surface area contributed by atoms with Gasteiger partial charge in [-0.25, -0.2) is 0 Å². The highest BCUT2D eigenvalue weighted by atomic mass is 16.6. The number of hydrogen-bond acceptors (Lipinski definition) is 11. The van der Waals surface area contributed by atoms with Gasteiger partial charge in [0, 0.05) is 11.1 Å². The molecule has 3 atom stereocenters. The summed E-state index contributed by atoms with van der Waals surface area (Å²) in [5.41, 5.74) is -0.499. The molecule has 0 radical (unpaired) electrons. The molecule has 3 aromatic carbocycles. The molecule has 3 unspecified atom stereocenters. The molecule has 0 saturated heterocycles. The number of aliphatic hydroxyl groups excluding tert-OH is 1. The molecule has 0 aromatic heterocycles. The molecule has 47 heavy (non-hydrogen) atoms. The van der Waals surface area contributed by atoms with E-state index in [0.29, 0.717) is 34.8 Å². The summed E-state index contributed by atoms with van der Waals surface area (Å²) in [4.78, 5) is 13.4. The normalized spacial score (nSPS) is 13.7. The molecule has 3 aromatic rings. The number of hydrogen-bond donors (Lipinski definition) is 3. The number of para-hydroxylation sites is 1. The average molecular weight is 657 g/mol. The van der Waals surface area contributed by atoms with Gasteiger partial charge in [-0.3, -0.25) is 4.79 Å². The van der Waals surface area contributed by atoms with Gasteiger partial charge in [-0.2, -0.15) is 0 Å². The second kappa shape index (κ2) is 16.5. The largest absolute Gasteiger partial charge is 0.504 e. The SMILES string of the molecule is CCCCC(C)(O)C(=O)c1cc(OC)c(OC(CO)C(c2cc(OC)c(OC(C)C)c(OC)c2)c2cccc(OC)c2O)c(OC)c1. The third-order valence-corrected chi connectivity index (χ3v) is 7.83. The minimum Gasteiger partial charge on any atom is -0.504 e. The van der Waals surface area contributed by atoms with E-state index in [0.717, 1.165) is 6.42 Å². The van der Waals surface area contributed by atoms with Crippen molar-refractivity contribution < 1.29 is 53.3 Å². The second-order valence-corrected chi connectivity index (χ2v) is 11.6. The average Bonchev–Trinajstić information content (AvgIpc) is 3.07. The van der Waals surface area contributed by atoms with Gasteiger partial charge in [0.15, 0.2) is 40.3 Å². The first-order valence-corrected chi connectivity index (χ1v) is 15.5. The van der Waals surface area contributed by atoms with Crippen LogP contribution in [0.4, 0.5) is 0 Å². The Morgan fingerprint density at radius 1 is 0.809 bits per heavy atom. The Hall–Kier alpha value is -4.35. The Morgan fingerprint density at radius 2 is 1.32 bits per heavy atom. The fourth-order valence-corrected chi connectivity index (χ4v) is 5.42. The van der Waals surface area contributed by atoms with Crippen LogP contribution in [0.2, 0.25) is 0 Å². The number of carbonyl (C=O) groups excluding carboxylic acids is 1. The van der Waals surface area contributed by atoms with E-state index >= 15 is 0 Å². The van der Waals surface area contributed by atoms with Gasteiger partial charge in [0.25, 0.3) is 0 Å². The summed E-state index contributed by atoms with van der Waals surface area (Å²) < 4.78 is 40.6. The van der Waals surface area contributed by atoms with E-state index in [1.165, 1.54) is 54.6 Å². The summed E-state index contributed by atoms with van der Waals surface area (Å²) in [5, 5.41) is 33.2. The van der Waals surface area contributed by atoms with Gasteiger partial charge in [0.2, 0.25) is 11.5 Å². The standard InChI is InChI=1S/C36H48O11/c1-10-11-15-36(4,40)35(39)23-18-28(44-8)34(29(19-23)45-9)47-30(20-37)31(24-13-12-14-25(41-5)32(24)38)22-16-26(42-6)33(46-21(2)3)27(17-22)43-7/h12-14,16-19,21,30-31,37-38,40H,10-11,15,20H2,1-9H3. The highest BCUT2D eigenvalue weighted by Gasteiger charge is 2.35. The lowest BCUT2D eigenvalue weighted by molar-refractivity contribution is 0.0356. The molecule has 0 bridgehead atoms. The van der Waals surface area contributed by atoms with Crippen molar-refractivity contribution in [1.29, 1.82) is 0 Å². The van der Waals surface area contributed by atoms with Gasteiger partial charge < -0.3 is 48.5 Å². The van der Waals surface area contributed by atoms with Gasteiger partial charge in [0.1, 0.15) is 11.7 Å². The van der Waals surface area contributed by atoms with Crippen molar-refractivity contribution in [1.82, 2.24) is 0 Å². The van der Waals surface area contributed by atoms with Gasteiger partial charge in [-0.15, -0.1) is 0 Å². The lowest BCUT2D eigenvalue weighted by Crippen LogP contribution is -2.35. The number of ether oxygens (including phenoxy) is 7. The number of aromatic hydroxyl groups is 1. The van der Waals surface area contributed by atoms with E-state index in [9.17, 15) is 20.1 Å². The molecular formula is C36H48O11. The molecule has 11 nitrogen and oxygen atoms in total. The number of Topliss-reactive ketones (excluding diaryl/α,β-unsaturated/α-hetero) is 1. The Balaban J connectivity index is 2.24. The van der Waals surface area contributed by atoms with E-state index in [-0.39, 0.29) is 46.8 Å². The highest BCUT2D eigenvalue weighted by Crippen LogP contribution is 2.48. The van der Waals surface area contributed by atoms with Crippen LogP contribution in [-0.4, -0.2) is 81.1 Å². The minimum absolute atomic E-state index is 0.102. The predicted octanol–water partition coefficient (Wildman–Crippen LogP) is 5.92. The predicted molar refractivity (Wildman–Crippen MR) is 177 cm³/mol. The topological polar surface area (TPSA) is 142 Å². The van der Waals surface area contributed by atoms with Gasteiger partial charge >= 0.3 is 0 Å². The zero-order valence-corrected chi connectivity index (χ0v) is 28.7. The van der Waals surface area contributed by atoms with E-state index in [1.807, 2.05) is 20.8 Å². The summed E-state index contributed by atoms with van der Waals surface area (Å²) in [6.07, 6.45) is 0.528. The van der Waals surface area contributed by atoms with Crippen molar-refractivity contribution in [2.75, 3.05) is 42.2 Å². The van der Waals surface area contributed by atoms with Gasteiger partial charge in [-0.1, -0.05) is 31.9 Å². The lowest BCUT2D eigenvalue weighted by atomic mass is 9.85. The number of carbonyl (C=O) groups is 1. The fourth-order valence-electron chi connectivity index (χ4n) is 5.42. The summed E-state index contributed by atoms with van der Waals surface area (Å²) in [5.74, 6) is 0.227. The molecule has 0 aliphatic rings. The van der Waals surface area contributed by atoms with E-state index in [1.54, 1.807) is 30.3 Å². The fraction of sp³-hybridized carbons (Fsp3) is 0.472. The molecule has 0 aliphatic heterocycles. The first-order valence-electron chi connectivity index (χ1n) is 15.5. The number of phenols is 1. The molecule has 3 rings (SSSR count). The summed E-state index contributed by atoms with van der Waals surface area (Å²) >= 11 is 0. The minimum atomic E-state index is -1.60. The third kappa shape index (κ3) is 8.33. The first kappa shape index (κ1) is 37.1. The molecule has 0 aliphatic carbocycles. The van der Waals surface area contributed by atoms with Gasteiger partial charge in [0.05, 0.1) is 54.2 Å². The maximum absolute atomic E-state index is 13.4. The summed E-state index contributed by atoms with van der Waals surface area (Å²) in [6.45, 7) is 6.70. The van der Waals surface area contributed by atoms with Crippen molar-refractivity contribution in [3.8, 4) is 46.0 Å². The molecule has 0 amide bonds. The number of methoxy groups -OCH3 is 5. The number of unbranched alkanes of at least 4 members (excludes halogenated alkanes) is 1. The number of rotatable bonds is 18. The maximum atomic E-state index is 13.4. The Bertz CT molecular complexity index is 1450. The van der Waals surface area contributed by atoms with Crippen molar-refractivity contribution in [2.24, 2.45) is 0 Å². The van der Waals surface area contributed by atoms with Crippen LogP contribution in [0.5, 0.6) is 46.0 Å².